The van der Waals surface area contributed by atoms with Gasteiger partial charge in [0.15, 0.2) is 24.8 Å². The summed E-state index contributed by atoms with van der Waals surface area (Å²) in [6, 6.07) is 0. The van der Waals surface area contributed by atoms with Crippen LogP contribution >= 0.6 is 0 Å². The van der Waals surface area contributed by atoms with Gasteiger partial charge in [-0.05, 0) is 12.8 Å². The Kier molecular flexibility index (Phi) is 15.5. The van der Waals surface area contributed by atoms with Crippen molar-refractivity contribution in [3.05, 3.63) is 0 Å². The Morgan fingerprint density at radius 3 is 1.16 bits per heavy atom. The smallest absolute Gasteiger partial charge is 0.303 e. The van der Waals surface area contributed by atoms with E-state index >= 15 is 0 Å². The minimum Gasteiger partial charge on any atom is -0.463 e. The Balaban J connectivity index is 1.91. The van der Waals surface area contributed by atoms with E-state index in [4.69, 9.17) is 47.4 Å². The lowest BCUT2D eigenvalue weighted by molar-refractivity contribution is -0.269. The Bertz CT molecular complexity index is 920. The maximum absolute atomic E-state index is 11.7. The summed E-state index contributed by atoms with van der Waals surface area (Å²) in [6.07, 6.45) is -6.17. The van der Waals surface area contributed by atoms with Crippen molar-refractivity contribution < 1.29 is 76.1 Å². The minimum atomic E-state index is -1.000. The van der Waals surface area contributed by atoms with E-state index in [-0.39, 0.29) is 39.3 Å². The van der Waals surface area contributed by atoms with Gasteiger partial charge in [0.05, 0.1) is 0 Å². The van der Waals surface area contributed by atoms with Crippen LogP contribution in [0.25, 0.3) is 0 Å². The van der Waals surface area contributed by atoms with Crippen molar-refractivity contribution in [3.8, 4) is 0 Å². The molecule has 44 heavy (non-hydrogen) atoms. The van der Waals surface area contributed by atoms with Crippen molar-refractivity contribution in [2.75, 3.05) is 26.4 Å². The zero-order chi connectivity index (χ0) is 32.8. The molecule has 2 aliphatic rings. The van der Waals surface area contributed by atoms with E-state index in [9.17, 15) is 28.8 Å². The standard InChI is InChI=1S/C28H42O16/c1-15(29)37-13-23-27(41-19(5)33)21(39-17(3)31)11-25(43-23)35-9-7-8-10-36-26-12-22(40-18(4)32)28(42-20(6)34)24(44-26)14-38-16(2)30/h21-28H,7-14H2,1-6H3/t21-,22-,23-,24-,25+,26+,27-,28-/m1/s1. The molecule has 0 aromatic carbocycles. The third-order valence-corrected chi connectivity index (χ3v) is 6.26. The summed E-state index contributed by atoms with van der Waals surface area (Å²) in [5.74, 6) is -3.56. The van der Waals surface area contributed by atoms with Gasteiger partial charge in [-0.25, -0.2) is 0 Å². The van der Waals surface area contributed by atoms with Crippen molar-refractivity contribution in [3.63, 3.8) is 0 Å². The summed E-state index contributed by atoms with van der Waals surface area (Å²) >= 11 is 0. The van der Waals surface area contributed by atoms with Gasteiger partial charge in [0.25, 0.3) is 0 Å². The summed E-state index contributed by atoms with van der Waals surface area (Å²) < 4.78 is 54.8. The highest BCUT2D eigenvalue weighted by Gasteiger charge is 2.45. The van der Waals surface area contributed by atoms with Crippen LogP contribution in [0.15, 0.2) is 0 Å². The Labute approximate surface area is 255 Å². The lowest BCUT2D eigenvalue weighted by Gasteiger charge is -2.40. The van der Waals surface area contributed by atoms with E-state index in [1.54, 1.807) is 0 Å². The van der Waals surface area contributed by atoms with E-state index in [1.807, 2.05) is 0 Å². The molecule has 0 spiro atoms. The van der Waals surface area contributed by atoms with Crippen LogP contribution in [0.1, 0.15) is 67.2 Å². The molecule has 0 N–H and O–H groups in total. The molecule has 2 saturated heterocycles. The number of carbonyl (C=O) groups is 6. The van der Waals surface area contributed by atoms with Crippen LogP contribution < -0.4 is 0 Å². The maximum Gasteiger partial charge on any atom is 0.303 e. The van der Waals surface area contributed by atoms with Crippen LogP contribution in [0.2, 0.25) is 0 Å². The molecule has 8 atom stereocenters. The van der Waals surface area contributed by atoms with Gasteiger partial charge in [0.1, 0.15) is 37.6 Å². The Hall–Kier alpha value is -3.34. The maximum atomic E-state index is 11.7. The minimum absolute atomic E-state index is 0.0747. The summed E-state index contributed by atoms with van der Waals surface area (Å²) in [6.45, 7) is 7.21. The van der Waals surface area contributed by atoms with Crippen LogP contribution in [0.5, 0.6) is 0 Å². The van der Waals surface area contributed by atoms with Crippen LogP contribution in [-0.4, -0.2) is 111 Å². The molecule has 0 unspecified atom stereocenters. The van der Waals surface area contributed by atoms with Crippen molar-refractivity contribution in [2.24, 2.45) is 0 Å². The molecule has 0 bridgehead atoms. The predicted molar refractivity (Wildman–Crippen MR) is 143 cm³/mol. The first-order valence-electron chi connectivity index (χ1n) is 14.2. The number of ether oxygens (including phenoxy) is 10. The molecule has 0 aliphatic carbocycles. The Morgan fingerprint density at radius 1 is 0.523 bits per heavy atom. The molecule has 0 amide bonds. The van der Waals surface area contributed by atoms with E-state index in [1.165, 1.54) is 41.5 Å². The molecule has 2 rings (SSSR count). The van der Waals surface area contributed by atoms with Gasteiger partial charge in [0.2, 0.25) is 0 Å². The van der Waals surface area contributed by atoms with Crippen molar-refractivity contribution >= 4 is 35.8 Å². The lowest BCUT2D eigenvalue weighted by Crippen LogP contribution is -2.54. The fraction of sp³-hybridized carbons (Fsp3) is 0.786. The molecule has 0 radical (unpaired) electrons. The van der Waals surface area contributed by atoms with Gasteiger partial charge in [-0.1, -0.05) is 0 Å². The monoisotopic (exact) mass is 634 g/mol. The molecule has 2 aliphatic heterocycles. The van der Waals surface area contributed by atoms with Gasteiger partial charge < -0.3 is 47.4 Å². The fourth-order valence-corrected chi connectivity index (χ4v) is 4.64. The third kappa shape index (κ3) is 13.5. The number of unbranched alkanes of at least 4 members (excludes halogenated alkanes) is 1. The second-order valence-electron chi connectivity index (χ2n) is 10.2. The normalized spacial score (nSPS) is 28.2. The highest BCUT2D eigenvalue weighted by molar-refractivity contribution is 5.68. The summed E-state index contributed by atoms with van der Waals surface area (Å²) in [7, 11) is 0. The number of hydrogen-bond acceptors (Lipinski definition) is 16. The van der Waals surface area contributed by atoms with Gasteiger partial charge in [-0.2, -0.15) is 0 Å². The third-order valence-electron chi connectivity index (χ3n) is 6.26. The second-order valence-corrected chi connectivity index (χ2v) is 10.2. The first-order valence-corrected chi connectivity index (χ1v) is 14.2. The van der Waals surface area contributed by atoms with E-state index < -0.39 is 85.0 Å². The molecule has 16 nitrogen and oxygen atoms in total. The number of carbonyl (C=O) groups excluding carboxylic acids is 6. The molecular weight excluding hydrogens is 592 g/mol. The van der Waals surface area contributed by atoms with Gasteiger partial charge in [-0.15, -0.1) is 0 Å². The van der Waals surface area contributed by atoms with Gasteiger partial charge >= 0.3 is 35.8 Å². The molecule has 0 aromatic heterocycles. The molecule has 2 fully saturated rings. The van der Waals surface area contributed by atoms with Crippen LogP contribution in [-0.2, 0) is 76.1 Å². The average molecular weight is 635 g/mol. The molecule has 2 heterocycles. The van der Waals surface area contributed by atoms with E-state index in [0.29, 0.717) is 12.8 Å². The highest BCUT2D eigenvalue weighted by Crippen LogP contribution is 2.29. The molecule has 0 aromatic rings. The quantitative estimate of drug-likeness (QED) is 0.140. The first kappa shape index (κ1) is 36.8. The zero-order valence-electron chi connectivity index (χ0n) is 25.8. The predicted octanol–water partition coefficient (Wildman–Crippen LogP) is 0.883. The largest absolute Gasteiger partial charge is 0.463 e. The van der Waals surface area contributed by atoms with Crippen LogP contribution in [0, 0.1) is 0 Å². The highest BCUT2D eigenvalue weighted by atomic mass is 16.7. The van der Waals surface area contributed by atoms with Gasteiger partial charge in [0, 0.05) is 67.6 Å². The summed E-state index contributed by atoms with van der Waals surface area (Å²) in [5, 5.41) is 0. The van der Waals surface area contributed by atoms with Crippen molar-refractivity contribution in [1.29, 1.82) is 0 Å². The Morgan fingerprint density at radius 2 is 0.864 bits per heavy atom. The SMILES string of the molecule is CC(=O)OC[C@H]1O[C@H](OCCCCO[C@@H]2C[C@@H](OC(C)=O)[C@@H](OC(C)=O)[C@@H](COC(C)=O)O2)C[C@@H](OC(C)=O)[C@H]1OC(C)=O. The van der Waals surface area contributed by atoms with E-state index in [2.05, 4.69) is 0 Å². The zero-order valence-corrected chi connectivity index (χ0v) is 25.8. The number of rotatable bonds is 15. The fourth-order valence-electron chi connectivity index (χ4n) is 4.64. The number of esters is 6. The topological polar surface area (TPSA) is 195 Å². The molecular formula is C28H42O16. The second kappa shape index (κ2) is 18.5. The summed E-state index contributed by atoms with van der Waals surface area (Å²) in [5.41, 5.74) is 0. The average Bonchev–Trinajstić information content (AvgIpc) is 2.90. The van der Waals surface area contributed by atoms with E-state index in [0.717, 1.165) is 0 Å². The van der Waals surface area contributed by atoms with Gasteiger partial charge in [-0.3, -0.25) is 28.8 Å². The summed E-state index contributed by atoms with van der Waals surface area (Å²) in [4.78, 5) is 69.4. The number of hydrogen-bond donors (Lipinski definition) is 0. The van der Waals surface area contributed by atoms with Crippen molar-refractivity contribution in [1.82, 2.24) is 0 Å². The van der Waals surface area contributed by atoms with Crippen LogP contribution in [0.3, 0.4) is 0 Å². The molecule has 0 saturated carbocycles. The lowest BCUT2D eigenvalue weighted by atomic mass is 10.0. The first-order chi connectivity index (χ1) is 20.7. The molecule has 250 valence electrons. The van der Waals surface area contributed by atoms with Crippen molar-refractivity contribution in [2.45, 2.75) is 116 Å². The van der Waals surface area contributed by atoms with Crippen LogP contribution in [0.4, 0.5) is 0 Å². The molecule has 16 heteroatoms.